The number of carbonyl (C=O) groups excluding carboxylic acids is 3. The Kier molecular flexibility index (Phi) is 5.29. The molecular formula is C21H21N5O3S. The predicted molar refractivity (Wildman–Crippen MR) is 114 cm³/mol. The van der Waals surface area contributed by atoms with E-state index < -0.39 is 23.9 Å². The standard InChI is InChI=1S/C21H21N5O3S/c1-12-7-13(2)9-15(8-12)26-20(28)18-19(21(26)29)25(24-23-18)11-17(27)22-14-5-4-6-16(10-14)30-3/h4-10,18-19H,11H2,1-3H3,(H,22,27)/t18-,19-/m0/s1. The maximum absolute atomic E-state index is 13.1. The van der Waals surface area contributed by atoms with Gasteiger partial charge < -0.3 is 5.32 Å². The Morgan fingerprint density at radius 2 is 1.83 bits per heavy atom. The Morgan fingerprint density at radius 3 is 2.53 bits per heavy atom. The Morgan fingerprint density at radius 1 is 1.10 bits per heavy atom. The second kappa shape index (κ2) is 7.91. The van der Waals surface area contributed by atoms with Crippen molar-refractivity contribution in [3.63, 3.8) is 0 Å². The second-order valence-electron chi connectivity index (χ2n) is 7.33. The van der Waals surface area contributed by atoms with Gasteiger partial charge in [0, 0.05) is 10.6 Å². The number of hydrogen-bond donors (Lipinski definition) is 1. The van der Waals surface area contributed by atoms with E-state index in [4.69, 9.17) is 0 Å². The van der Waals surface area contributed by atoms with Crippen molar-refractivity contribution in [2.45, 2.75) is 30.8 Å². The summed E-state index contributed by atoms with van der Waals surface area (Å²) >= 11 is 1.57. The van der Waals surface area contributed by atoms with Gasteiger partial charge in [-0.1, -0.05) is 17.4 Å². The first kappa shape index (κ1) is 20.1. The molecule has 0 saturated carbocycles. The third-order valence-corrected chi connectivity index (χ3v) is 5.71. The first-order valence-corrected chi connectivity index (χ1v) is 10.7. The molecule has 3 amide bonds. The van der Waals surface area contributed by atoms with Crippen LogP contribution in [-0.2, 0) is 14.4 Å². The zero-order valence-electron chi connectivity index (χ0n) is 16.8. The summed E-state index contributed by atoms with van der Waals surface area (Å²) in [5.74, 6) is -1.18. The third-order valence-electron chi connectivity index (χ3n) is 4.98. The van der Waals surface area contributed by atoms with E-state index in [0.717, 1.165) is 20.9 Å². The minimum atomic E-state index is -0.925. The highest BCUT2D eigenvalue weighted by molar-refractivity contribution is 7.98. The zero-order chi connectivity index (χ0) is 21.4. The lowest BCUT2D eigenvalue weighted by Gasteiger charge is -2.20. The molecule has 0 radical (unpaired) electrons. The number of aryl methyl sites for hydroxylation is 2. The molecule has 0 aromatic heterocycles. The van der Waals surface area contributed by atoms with Gasteiger partial charge >= 0.3 is 0 Å². The summed E-state index contributed by atoms with van der Waals surface area (Å²) in [5.41, 5.74) is 3.08. The Balaban J connectivity index is 1.50. The molecule has 0 unspecified atom stereocenters. The van der Waals surface area contributed by atoms with Crippen LogP contribution in [0.4, 0.5) is 11.4 Å². The van der Waals surface area contributed by atoms with Gasteiger partial charge in [-0.2, -0.15) is 5.11 Å². The van der Waals surface area contributed by atoms with Crippen molar-refractivity contribution in [3.8, 4) is 0 Å². The molecule has 9 heteroatoms. The maximum atomic E-state index is 13.1. The summed E-state index contributed by atoms with van der Waals surface area (Å²) in [6.45, 7) is 3.64. The van der Waals surface area contributed by atoms with E-state index >= 15 is 0 Å². The summed E-state index contributed by atoms with van der Waals surface area (Å²) in [5, 5.41) is 12.0. The topological polar surface area (TPSA) is 94.4 Å². The summed E-state index contributed by atoms with van der Waals surface area (Å²) in [6.07, 6.45) is 1.95. The molecule has 1 N–H and O–H groups in total. The maximum Gasteiger partial charge on any atom is 0.263 e. The van der Waals surface area contributed by atoms with Crippen molar-refractivity contribution in [2.24, 2.45) is 10.3 Å². The second-order valence-corrected chi connectivity index (χ2v) is 8.21. The van der Waals surface area contributed by atoms with Crippen LogP contribution in [0.25, 0.3) is 0 Å². The van der Waals surface area contributed by atoms with Crippen LogP contribution in [0.15, 0.2) is 57.7 Å². The van der Waals surface area contributed by atoms with Crippen LogP contribution in [0.2, 0.25) is 0 Å². The SMILES string of the molecule is CSc1cccc(NC(=O)CN2N=N[C@@H]3C(=O)N(c4cc(C)cc(C)c4)C(=O)[C@H]32)c1. The van der Waals surface area contributed by atoms with Crippen LogP contribution >= 0.6 is 11.8 Å². The first-order chi connectivity index (χ1) is 14.4. The number of hydrogen-bond acceptors (Lipinski definition) is 7. The lowest BCUT2D eigenvalue weighted by atomic mass is 10.1. The Hall–Kier alpha value is -3.20. The van der Waals surface area contributed by atoms with Crippen molar-refractivity contribution in [1.82, 2.24) is 5.01 Å². The number of amides is 3. The van der Waals surface area contributed by atoms with E-state index in [1.807, 2.05) is 44.4 Å². The quantitative estimate of drug-likeness (QED) is 0.589. The molecule has 0 bridgehead atoms. The van der Waals surface area contributed by atoms with Gasteiger partial charge in [0.25, 0.3) is 11.8 Å². The van der Waals surface area contributed by atoms with E-state index in [9.17, 15) is 14.4 Å². The smallest absolute Gasteiger partial charge is 0.263 e. The molecule has 2 atom stereocenters. The highest BCUT2D eigenvalue weighted by Crippen LogP contribution is 2.32. The number of thioether (sulfide) groups is 1. The van der Waals surface area contributed by atoms with Gasteiger partial charge in [-0.15, -0.1) is 11.8 Å². The average Bonchev–Trinajstić information content (AvgIpc) is 3.21. The number of nitrogens with zero attached hydrogens (tertiary/aromatic N) is 4. The van der Waals surface area contributed by atoms with Crippen molar-refractivity contribution < 1.29 is 14.4 Å². The highest BCUT2D eigenvalue weighted by atomic mass is 32.2. The van der Waals surface area contributed by atoms with E-state index in [1.165, 1.54) is 5.01 Å². The van der Waals surface area contributed by atoms with Crippen LogP contribution in [0.3, 0.4) is 0 Å². The summed E-state index contributed by atoms with van der Waals surface area (Å²) in [7, 11) is 0. The minimum absolute atomic E-state index is 0.173. The number of benzene rings is 2. The molecule has 2 aromatic rings. The molecule has 2 aromatic carbocycles. The number of rotatable bonds is 5. The van der Waals surface area contributed by atoms with Crippen LogP contribution in [0.5, 0.6) is 0 Å². The van der Waals surface area contributed by atoms with Gasteiger partial charge in [-0.25, -0.2) is 4.90 Å². The van der Waals surface area contributed by atoms with Gasteiger partial charge in [0.2, 0.25) is 5.91 Å². The third kappa shape index (κ3) is 3.68. The van der Waals surface area contributed by atoms with E-state index in [1.54, 1.807) is 30.0 Å². The number of carbonyl (C=O) groups is 3. The van der Waals surface area contributed by atoms with E-state index in [0.29, 0.717) is 11.4 Å². The molecule has 1 fully saturated rings. The molecule has 2 heterocycles. The molecule has 0 spiro atoms. The molecule has 2 aliphatic rings. The van der Waals surface area contributed by atoms with Crippen LogP contribution in [0, 0.1) is 13.8 Å². The molecule has 30 heavy (non-hydrogen) atoms. The Bertz CT molecular complexity index is 1050. The largest absolute Gasteiger partial charge is 0.324 e. The highest BCUT2D eigenvalue weighted by Gasteiger charge is 2.55. The summed E-state index contributed by atoms with van der Waals surface area (Å²) in [4.78, 5) is 40.6. The molecule has 4 rings (SSSR count). The first-order valence-electron chi connectivity index (χ1n) is 9.45. The normalized spacial score (nSPS) is 20.1. The van der Waals surface area contributed by atoms with Gasteiger partial charge in [0.05, 0.1) is 5.69 Å². The average molecular weight is 423 g/mol. The molecule has 154 valence electrons. The number of anilines is 2. The van der Waals surface area contributed by atoms with Crippen molar-refractivity contribution >= 4 is 40.9 Å². The van der Waals surface area contributed by atoms with Crippen molar-refractivity contribution in [3.05, 3.63) is 53.6 Å². The number of imide groups is 1. The molecule has 2 aliphatic heterocycles. The van der Waals surface area contributed by atoms with Crippen molar-refractivity contribution in [2.75, 3.05) is 23.0 Å². The lowest BCUT2D eigenvalue weighted by Crippen LogP contribution is -2.43. The van der Waals surface area contributed by atoms with Crippen molar-refractivity contribution in [1.29, 1.82) is 0 Å². The number of fused-ring (bicyclic) bond motifs is 1. The minimum Gasteiger partial charge on any atom is -0.324 e. The van der Waals surface area contributed by atoms with E-state index in [-0.39, 0.29) is 12.5 Å². The van der Waals surface area contributed by atoms with Gasteiger partial charge in [0.1, 0.15) is 6.54 Å². The van der Waals surface area contributed by atoms with Gasteiger partial charge in [0.15, 0.2) is 12.1 Å². The fourth-order valence-corrected chi connectivity index (χ4v) is 4.20. The van der Waals surface area contributed by atoms with E-state index in [2.05, 4.69) is 15.7 Å². The summed E-state index contributed by atoms with van der Waals surface area (Å²) in [6, 6.07) is 11.2. The fraction of sp³-hybridized carbons (Fsp3) is 0.286. The predicted octanol–water partition coefficient (Wildman–Crippen LogP) is 2.96. The van der Waals surface area contributed by atoms with Gasteiger partial charge in [-0.3, -0.25) is 19.4 Å². The number of nitrogens with one attached hydrogen (secondary N) is 1. The fourth-order valence-electron chi connectivity index (χ4n) is 3.74. The van der Waals surface area contributed by atoms with Crippen LogP contribution < -0.4 is 10.2 Å². The molecule has 1 saturated heterocycles. The molecule has 0 aliphatic carbocycles. The van der Waals surface area contributed by atoms with Crippen LogP contribution in [-0.4, -0.2) is 47.6 Å². The Labute approximate surface area is 178 Å². The summed E-state index contributed by atoms with van der Waals surface area (Å²) < 4.78 is 0. The zero-order valence-corrected chi connectivity index (χ0v) is 17.6. The lowest BCUT2D eigenvalue weighted by molar-refractivity contribution is -0.123. The molecule has 8 nitrogen and oxygen atoms in total. The monoisotopic (exact) mass is 423 g/mol. The molecular weight excluding hydrogens is 402 g/mol. The van der Waals surface area contributed by atoms with Crippen LogP contribution in [0.1, 0.15) is 11.1 Å². The van der Waals surface area contributed by atoms with Gasteiger partial charge in [-0.05, 0) is 61.6 Å².